The van der Waals surface area contributed by atoms with Crippen molar-refractivity contribution in [2.45, 2.75) is 0 Å². The fraction of sp³-hybridized carbons (Fsp3) is 0. The van der Waals surface area contributed by atoms with Crippen LogP contribution in [0.5, 0.6) is 0 Å². The second-order valence-corrected chi connectivity index (χ2v) is 4.66. The number of benzene rings is 2. The number of hydrogen-bond acceptors (Lipinski definition) is 4. The van der Waals surface area contributed by atoms with Crippen molar-refractivity contribution in [2.75, 3.05) is 0 Å². The number of non-ortho nitro benzene ring substituents is 1. The van der Waals surface area contributed by atoms with Gasteiger partial charge in [0.15, 0.2) is 5.78 Å². The van der Waals surface area contributed by atoms with E-state index in [0.29, 0.717) is 16.7 Å². The molecule has 3 rings (SSSR count). The molecule has 20 heavy (non-hydrogen) atoms. The predicted octanol–water partition coefficient (Wildman–Crippen LogP) is 3.19. The van der Waals surface area contributed by atoms with Crippen LogP contribution in [0.4, 0.5) is 5.69 Å². The van der Waals surface area contributed by atoms with Crippen LogP contribution >= 0.6 is 11.6 Å². The summed E-state index contributed by atoms with van der Waals surface area (Å²) < 4.78 is 0. The summed E-state index contributed by atoms with van der Waals surface area (Å²) in [7, 11) is 0. The van der Waals surface area contributed by atoms with Gasteiger partial charge < -0.3 is 0 Å². The third kappa shape index (κ3) is 1.64. The maximum Gasteiger partial charge on any atom is 0.270 e. The van der Waals surface area contributed by atoms with Gasteiger partial charge in [-0.1, -0.05) is 12.1 Å². The maximum atomic E-state index is 12.3. The zero-order valence-corrected chi connectivity index (χ0v) is 10.7. The summed E-state index contributed by atoms with van der Waals surface area (Å²) in [5.41, 5.74) is 1.57. The molecule has 0 saturated heterocycles. The number of halogens is 1. The molecule has 0 atom stereocenters. The molecule has 0 radical (unpaired) electrons. The molecule has 0 amide bonds. The highest BCUT2D eigenvalue weighted by Gasteiger charge is 2.31. The zero-order chi connectivity index (χ0) is 14.4. The smallest absolute Gasteiger partial charge is 0.270 e. The van der Waals surface area contributed by atoms with E-state index in [1.807, 2.05) is 0 Å². The Morgan fingerprint density at radius 1 is 1.10 bits per heavy atom. The monoisotopic (exact) mass is 287 g/mol. The molecule has 0 aliphatic heterocycles. The molecule has 98 valence electrons. The van der Waals surface area contributed by atoms with Crippen molar-refractivity contribution in [3.63, 3.8) is 0 Å². The van der Waals surface area contributed by atoms with Gasteiger partial charge in [0.05, 0.1) is 4.92 Å². The van der Waals surface area contributed by atoms with Gasteiger partial charge in [0.2, 0.25) is 0 Å². The molecule has 0 unspecified atom stereocenters. The van der Waals surface area contributed by atoms with Gasteiger partial charge in [-0.05, 0) is 29.3 Å². The first kappa shape index (κ1) is 12.5. The van der Waals surface area contributed by atoms with Gasteiger partial charge in [-0.2, -0.15) is 0 Å². The Morgan fingerprint density at radius 3 is 2.50 bits per heavy atom. The van der Waals surface area contributed by atoms with Crippen molar-refractivity contribution < 1.29 is 14.5 Å². The average Bonchev–Trinajstić information content (AvgIpc) is 2.72. The van der Waals surface area contributed by atoms with Crippen molar-refractivity contribution in [3.8, 4) is 11.1 Å². The molecular weight excluding hydrogens is 282 g/mol. The first-order valence-corrected chi connectivity index (χ1v) is 6.05. The Kier molecular flexibility index (Phi) is 2.65. The van der Waals surface area contributed by atoms with Gasteiger partial charge >= 0.3 is 0 Å². The van der Waals surface area contributed by atoms with Crippen LogP contribution in [0, 0.1) is 10.1 Å². The highest BCUT2D eigenvalue weighted by atomic mass is 35.5. The van der Waals surface area contributed by atoms with E-state index in [0.717, 1.165) is 0 Å². The van der Waals surface area contributed by atoms with Crippen molar-refractivity contribution in [2.24, 2.45) is 0 Å². The number of carbonyl (C=O) groups is 2. The normalized spacial score (nSPS) is 11.9. The number of nitro groups is 1. The number of nitrogens with zero attached hydrogens (tertiary/aromatic N) is 1. The quantitative estimate of drug-likeness (QED) is 0.412. The van der Waals surface area contributed by atoms with E-state index in [1.165, 1.54) is 24.3 Å². The molecule has 2 aromatic carbocycles. The molecule has 0 bridgehead atoms. The van der Waals surface area contributed by atoms with Gasteiger partial charge in [0, 0.05) is 34.4 Å². The lowest BCUT2D eigenvalue weighted by atomic mass is 10.00. The Balaban J connectivity index is 2.32. The van der Waals surface area contributed by atoms with E-state index >= 15 is 0 Å². The van der Waals surface area contributed by atoms with Crippen LogP contribution in [-0.2, 0) is 0 Å². The fourth-order valence-electron chi connectivity index (χ4n) is 2.39. The Labute approximate surface area is 117 Å². The lowest BCUT2D eigenvalue weighted by Gasteiger charge is -2.04. The minimum atomic E-state index is -0.666. The molecule has 0 aromatic heterocycles. The number of fused-ring (bicyclic) bond motifs is 3. The van der Waals surface area contributed by atoms with Crippen LogP contribution in [0.25, 0.3) is 11.1 Å². The largest absolute Gasteiger partial charge is 0.289 e. The van der Waals surface area contributed by atoms with Crippen LogP contribution in [0.3, 0.4) is 0 Å². The third-order valence-electron chi connectivity index (χ3n) is 3.25. The minimum absolute atomic E-state index is 0.163. The molecule has 0 saturated carbocycles. The lowest BCUT2D eigenvalue weighted by molar-refractivity contribution is -0.384. The molecule has 0 fully saturated rings. The lowest BCUT2D eigenvalue weighted by Crippen LogP contribution is -1.97. The number of hydrogen-bond donors (Lipinski definition) is 0. The summed E-state index contributed by atoms with van der Waals surface area (Å²) >= 11 is 5.52. The van der Waals surface area contributed by atoms with Crippen LogP contribution in [0.15, 0.2) is 36.4 Å². The van der Waals surface area contributed by atoms with Crippen LogP contribution < -0.4 is 0 Å². The Morgan fingerprint density at radius 2 is 1.85 bits per heavy atom. The zero-order valence-electron chi connectivity index (χ0n) is 9.92. The third-order valence-corrected chi connectivity index (χ3v) is 3.45. The number of nitro benzene ring substituents is 1. The van der Waals surface area contributed by atoms with E-state index < -0.39 is 10.2 Å². The van der Waals surface area contributed by atoms with E-state index in [2.05, 4.69) is 0 Å². The highest BCUT2D eigenvalue weighted by molar-refractivity contribution is 6.68. The van der Waals surface area contributed by atoms with Crippen molar-refractivity contribution in [1.29, 1.82) is 0 Å². The highest BCUT2D eigenvalue weighted by Crippen LogP contribution is 2.40. The van der Waals surface area contributed by atoms with E-state index in [-0.39, 0.29) is 22.6 Å². The maximum absolute atomic E-state index is 12.3. The molecular formula is C14H6ClNO4. The Hall–Kier alpha value is -2.53. The number of carbonyl (C=O) groups excluding carboxylic acids is 2. The summed E-state index contributed by atoms with van der Waals surface area (Å²) in [5.74, 6) is -0.335. The summed E-state index contributed by atoms with van der Waals surface area (Å²) in [5, 5.41) is 10.1. The summed E-state index contributed by atoms with van der Waals surface area (Å²) in [4.78, 5) is 33.9. The van der Waals surface area contributed by atoms with Crippen LogP contribution in [0.1, 0.15) is 26.3 Å². The predicted molar refractivity (Wildman–Crippen MR) is 72.1 cm³/mol. The first-order chi connectivity index (χ1) is 9.50. The van der Waals surface area contributed by atoms with E-state index in [1.54, 1.807) is 12.1 Å². The second-order valence-electron chi connectivity index (χ2n) is 4.32. The topological polar surface area (TPSA) is 77.3 Å². The summed E-state index contributed by atoms with van der Waals surface area (Å²) in [6.45, 7) is 0. The van der Waals surface area contributed by atoms with Crippen LogP contribution in [-0.4, -0.2) is 15.9 Å². The van der Waals surface area contributed by atoms with E-state index in [4.69, 9.17) is 11.6 Å². The van der Waals surface area contributed by atoms with E-state index in [9.17, 15) is 19.7 Å². The minimum Gasteiger partial charge on any atom is -0.289 e. The molecule has 0 spiro atoms. The Bertz CT molecular complexity index is 798. The SMILES string of the molecule is O=C(Cl)c1cccc2c1-c1ccc([N+](=O)[O-])cc1C2=O. The van der Waals surface area contributed by atoms with Gasteiger partial charge in [-0.25, -0.2) is 0 Å². The molecule has 1 aliphatic rings. The van der Waals surface area contributed by atoms with Crippen molar-refractivity contribution >= 4 is 28.3 Å². The molecule has 1 aliphatic carbocycles. The summed E-state index contributed by atoms with van der Waals surface area (Å²) in [6, 6.07) is 8.66. The van der Waals surface area contributed by atoms with Crippen molar-refractivity contribution in [3.05, 3.63) is 63.2 Å². The van der Waals surface area contributed by atoms with Gasteiger partial charge in [0.1, 0.15) is 0 Å². The van der Waals surface area contributed by atoms with Crippen molar-refractivity contribution in [1.82, 2.24) is 0 Å². The fourth-order valence-corrected chi connectivity index (χ4v) is 2.55. The van der Waals surface area contributed by atoms with Gasteiger partial charge in [-0.3, -0.25) is 19.7 Å². The van der Waals surface area contributed by atoms with Gasteiger partial charge in [0.25, 0.3) is 10.9 Å². The van der Waals surface area contributed by atoms with Gasteiger partial charge in [-0.15, -0.1) is 0 Å². The average molecular weight is 288 g/mol. The molecule has 6 heteroatoms. The molecule has 0 N–H and O–H groups in total. The summed E-state index contributed by atoms with van der Waals surface area (Å²) in [6.07, 6.45) is 0. The van der Waals surface area contributed by atoms with Crippen LogP contribution in [0.2, 0.25) is 0 Å². The molecule has 5 nitrogen and oxygen atoms in total. The first-order valence-electron chi connectivity index (χ1n) is 5.67. The molecule has 2 aromatic rings. The molecule has 0 heterocycles. The number of ketones is 1. The second kappa shape index (κ2) is 4.25. The number of rotatable bonds is 2. The standard InChI is InChI=1S/C14H6ClNO4/c15-14(18)10-3-1-2-9-12(10)8-5-4-7(16(19)20)6-11(8)13(9)17/h1-6H.